The van der Waals surface area contributed by atoms with Gasteiger partial charge in [0.15, 0.2) is 5.75 Å². The van der Waals surface area contributed by atoms with Gasteiger partial charge in [0.05, 0.1) is 14.2 Å². The summed E-state index contributed by atoms with van der Waals surface area (Å²) in [5.74, 6) is 0.827. The summed E-state index contributed by atoms with van der Waals surface area (Å²) >= 11 is 1.62. The van der Waals surface area contributed by atoms with Crippen molar-refractivity contribution in [2.75, 3.05) is 14.2 Å². The van der Waals surface area contributed by atoms with Crippen LogP contribution in [0.4, 0.5) is 0 Å². The lowest BCUT2D eigenvalue weighted by molar-refractivity contribution is 0.368. The quantitative estimate of drug-likeness (QED) is 0.273. The number of hydrogen-bond acceptors (Lipinski definition) is 3. The summed E-state index contributed by atoms with van der Waals surface area (Å²) in [5, 5.41) is 9.46. The second-order valence-corrected chi connectivity index (χ2v) is 7.16. The third-order valence-electron chi connectivity index (χ3n) is 4.85. The maximum Gasteiger partial charge on any atom is 0.217 e. The highest BCUT2D eigenvalue weighted by molar-refractivity contribution is 7.21. The van der Waals surface area contributed by atoms with E-state index in [1.54, 1.807) is 25.6 Å². The molecule has 1 heterocycles. The molecular formula is C22H16O2S. The fourth-order valence-electron chi connectivity index (χ4n) is 3.70. The summed E-state index contributed by atoms with van der Waals surface area (Å²) in [7, 11) is 3.40. The highest BCUT2D eigenvalue weighted by Gasteiger charge is 2.17. The van der Waals surface area contributed by atoms with Crippen LogP contribution in [0.15, 0.2) is 60.7 Å². The van der Waals surface area contributed by atoms with Gasteiger partial charge >= 0.3 is 0 Å². The average Bonchev–Trinajstić information content (AvgIpc) is 3.04. The lowest BCUT2D eigenvalue weighted by Gasteiger charge is -2.08. The Morgan fingerprint density at radius 1 is 0.680 bits per heavy atom. The predicted octanol–water partition coefficient (Wildman–Crippen LogP) is 6.38. The van der Waals surface area contributed by atoms with Gasteiger partial charge in [0.2, 0.25) is 5.06 Å². The summed E-state index contributed by atoms with van der Waals surface area (Å²) in [4.78, 5) is 0. The predicted molar refractivity (Wildman–Crippen MR) is 107 cm³/mol. The molecule has 0 N–H and O–H groups in total. The molecular weight excluding hydrogens is 328 g/mol. The smallest absolute Gasteiger partial charge is 0.217 e. The summed E-state index contributed by atoms with van der Waals surface area (Å²) in [6, 6.07) is 21.8. The van der Waals surface area contributed by atoms with E-state index in [2.05, 4.69) is 60.7 Å². The molecule has 0 aliphatic heterocycles. The van der Waals surface area contributed by atoms with Crippen LogP contribution in [0.1, 0.15) is 0 Å². The van der Waals surface area contributed by atoms with E-state index in [1.165, 1.54) is 37.0 Å². The van der Waals surface area contributed by atoms with E-state index >= 15 is 0 Å². The van der Waals surface area contributed by atoms with Gasteiger partial charge in [0, 0.05) is 10.1 Å². The van der Waals surface area contributed by atoms with Gasteiger partial charge in [-0.05, 0) is 50.5 Å². The van der Waals surface area contributed by atoms with Crippen molar-refractivity contribution in [3.05, 3.63) is 60.7 Å². The van der Waals surface area contributed by atoms with Crippen molar-refractivity contribution in [1.82, 2.24) is 0 Å². The van der Waals surface area contributed by atoms with Crippen molar-refractivity contribution in [2.45, 2.75) is 0 Å². The van der Waals surface area contributed by atoms with Crippen LogP contribution in [0.3, 0.4) is 0 Å². The zero-order valence-electron chi connectivity index (χ0n) is 14.0. The molecule has 0 saturated heterocycles. The first kappa shape index (κ1) is 14.6. The Hall–Kier alpha value is -2.78. The van der Waals surface area contributed by atoms with E-state index in [-0.39, 0.29) is 0 Å². The molecule has 0 spiro atoms. The zero-order valence-corrected chi connectivity index (χ0v) is 14.8. The molecule has 0 saturated carbocycles. The van der Waals surface area contributed by atoms with Crippen LogP contribution in [0.5, 0.6) is 10.8 Å². The standard InChI is InChI=1S/C22H16O2S/c1-23-21-20-17-8-7-15-11-13-5-3-4-6-14(13)12-18(15)16(17)9-10-19(20)25-22(21)24-2/h3-12H,1-2H3. The largest absolute Gasteiger partial charge is 0.491 e. The SMILES string of the molecule is COc1sc2ccc3c4cc5ccccc5cc4ccc3c2c1OC. The molecule has 2 nitrogen and oxygen atoms in total. The van der Waals surface area contributed by atoms with Crippen LogP contribution in [0, 0.1) is 0 Å². The van der Waals surface area contributed by atoms with Crippen molar-refractivity contribution >= 4 is 53.7 Å². The lowest BCUT2D eigenvalue weighted by atomic mass is 9.97. The number of rotatable bonds is 2. The van der Waals surface area contributed by atoms with Crippen LogP contribution in [0.25, 0.3) is 42.4 Å². The molecule has 122 valence electrons. The Balaban J connectivity index is 1.97. The van der Waals surface area contributed by atoms with Gasteiger partial charge in [-0.1, -0.05) is 53.8 Å². The first-order chi connectivity index (χ1) is 12.3. The minimum absolute atomic E-state index is 0.823. The number of ether oxygens (including phenoxy) is 2. The molecule has 1 aromatic heterocycles. The summed E-state index contributed by atoms with van der Waals surface area (Å²) in [5.41, 5.74) is 0. The van der Waals surface area contributed by atoms with Gasteiger partial charge in [-0.3, -0.25) is 0 Å². The Labute approximate surface area is 149 Å². The second kappa shape index (κ2) is 5.36. The van der Waals surface area contributed by atoms with Gasteiger partial charge in [0.1, 0.15) is 0 Å². The number of thiophene rings is 1. The molecule has 0 bridgehead atoms. The Morgan fingerprint density at radius 3 is 2.20 bits per heavy atom. The molecule has 0 amide bonds. The molecule has 0 aliphatic carbocycles. The van der Waals surface area contributed by atoms with Crippen molar-refractivity contribution in [1.29, 1.82) is 0 Å². The van der Waals surface area contributed by atoms with E-state index < -0.39 is 0 Å². The zero-order chi connectivity index (χ0) is 17.0. The highest BCUT2D eigenvalue weighted by Crippen LogP contribution is 2.47. The van der Waals surface area contributed by atoms with Gasteiger partial charge < -0.3 is 9.47 Å². The molecule has 5 rings (SSSR count). The Bertz CT molecular complexity index is 1270. The van der Waals surface area contributed by atoms with Crippen molar-refractivity contribution < 1.29 is 9.47 Å². The molecule has 0 aliphatic rings. The topological polar surface area (TPSA) is 18.5 Å². The molecule has 5 aromatic rings. The summed E-state index contributed by atoms with van der Waals surface area (Å²) in [6.45, 7) is 0. The molecule has 3 heteroatoms. The monoisotopic (exact) mass is 344 g/mol. The first-order valence-electron chi connectivity index (χ1n) is 8.19. The molecule has 0 radical (unpaired) electrons. The van der Waals surface area contributed by atoms with Gasteiger partial charge in [-0.15, -0.1) is 0 Å². The van der Waals surface area contributed by atoms with Crippen LogP contribution >= 0.6 is 11.3 Å². The normalized spacial score (nSPS) is 11.6. The molecule has 0 atom stereocenters. The molecule has 0 fully saturated rings. The van der Waals surface area contributed by atoms with Crippen LogP contribution in [-0.2, 0) is 0 Å². The van der Waals surface area contributed by atoms with Crippen molar-refractivity contribution in [3.8, 4) is 10.8 Å². The van der Waals surface area contributed by atoms with Crippen molar-refractivity contribution in [2.24, 2.45) is 0 Å². The Morgan fingerprint density at radius 2 is 1.44 bits per heavy atom. The van der Waals surface area contributed by atoms with Gasteiger partial charge in [0.25, 0.3) is 0 Å². The molecule has 25 heavy (non-hydrogen) atoms. The molecule has 4 aromatic carbocycles. The second-order valence-electron chi connectivity index (χ2n) is 6.15. The third-order valence-corrected chi connectivity index (χ3v) is 5.95. The fraction of sp³-hybridized carbons (Fsp3) is 0.0909. The van der Waals surface area contributed by atoms with Crippen LogP contribution < -0.4 is 9.47 Å². The Kier molecular flexibility index (Phi) is 3.12. The summed E-state index contributed by atoms with van der Waals surface area (Å²) < 4.78 is 12.4. The average molecular weight is 344 g/mol. The van der Waals surface area contributed by atoms with E-state index in [0.29, 0.717) is 0 Å². The maximum absolute atomic E-state index is 5.67. The third kappa shape index (κ3) is 2.02. The van der Waals surface area contributed by atoms with E-state index in [9.17, 15) is 0 Å². The van der Waals surface area contributed by atoms with E-state index in [0.717, 1.165) is 16.2 Å². The van der Waals surface area contributed by atoms with Gasteiger partial charge in [-0.25, -0.2) is 0 Å². The fourth-order valence-corrected chi connectivity index (χ4v) is 4.70. The van der Waals surface area contributed by atoms with E-state index in [1.807, 2.05) is 0 Å². The van der Waals surface area contributed by atoms with Gasteiger partial charge in [-0.2, -0.15) is 0 Å². The van der Waals surface area contributed by atoms with Crippen LogP contribution in [0.2, 0.25) is 0 Å². The molecule has 0 unspecified atom stereocenters. The minimum Gasteiger partial charge on any atom is -0.491 e. The number of benzene rings is 4. The van der Waals surface area contributed by atoms with Crippen molar-refractivity contribution in [3.63, 3.8) is 0 Å². The number of hydrogen-bond donors (Lipinski definition) is 0. The summed E-state index contributed by atoms with van der Waals surface area (Å²) in [6.07, 6.45) is 0. The highest BCUT2D eigenvalue weighted by atomic mass is 32.1. The maximum atomic E-state index is 5.67. The van der Waals surface area contributed by atoms with E-state index in [4.69, 9.17) is 9.47 Å². The first-order valence-corrected chi connectivity index (χ1v) is 9.00. The number of methoxy groups -OCH3 is 2. The van der Waals surface area contributed by atoms with Crippen LogP contribution in [-0.4, -0.2) is 14.2 Å². The minimum atomic E-state index is 0.823. The lowest BCUT2D eigenvalue weighted by Crippen LogP contribution is -1.86. The number of fused-ring (bicyclic) bond motifs is 6.